The van der Waals surface area contributed by atoms with Crippen LogP contribution in [-0.4, -0.2) is 6.04 Å². The number of nitrogens with one attached hydrogen (secondary N) is 1. The van der Waals surface area contributed by atoms with Gasteiger partial charge >= 0.3 is 0 Å². The standard InChI is InChI=1S/C31H43N.2C6H14.C3H8/c1-23(2)31(22-30-16-12-9-13-17-30)21-26(5)28(7)32-27(6)25(4)20-24(3)18-19-29-14-10-8-11-15-29;2*1-5-6(2,3)4;1-3-2/h8-17,23,25,28,31-32H,3,5-6,18-22H2,1-2,4,7H3;2*5H2,1-4H3;3H2,1-2H3. The molecule has 1 N–H and O–H groups in total. The first kappa shape index (κ1) is 46.6. The highest BCUT2D eigenvalue weighted by Crippen LogP contribution is 2.27. The Hall–Kier alpha value is -2.54. The lowest BCUT2D eigenvalue weighted by molar-refractivity contribution is 0.370. The molecule has 2 aromatic rings. The fraction of sp³-hybridized carbons (Fsp3) is 0.609. The third kappa shape index (κ3) is 27.1. The molecule has 3 unspecified atom stereocenters. The van der Waals surface area contributed by atoms with E-state index in [1.807, 2.05) is 0 Å². The SMILES string of the molecule is C=C(CCc1ccccc1)CC(C)C(=C)NC(C)C(=C)CC(Cc1ccccc1)C(C)C.CCC.CCC(C)(C)C.CCC(C)(C)C. The summed E-state index contributed by atoms with van der Waals surface area (Å²) in [5.74, 6) is 1.57. The molecule has 0 radical (unpaired) electrons. The van der Waals surface area contributed by atoms with Crippen molar-refractivity contribution in [1.29, 1.82) is 0 Å². The lowest BCUT2D eigenvalue weighted by atomic mass is 9.83. The van der Waals surface area contributed by atoms with Crippen LogP contribution in [0.2, 0.25) is 0 Å². The molecule has 268 valence electrons. The summed E-state index contributed by atoms with van der Waals surface area (Å²) >= 11 is 0. The number of benzene rings is 2. The predicted octanol–water partition coefficient (Wildman–Crippen LogP) is 14.5. The van der Waals surface area contributed by atoms with Gasteiger partial charge in [-0.05, 0) is 78.7 Å². The molecule has 0 aliphatic carbocycles. The second kappa shape index (κ2) is 25.5. The van der Waals surface area contributed by atoms with Gasteiger partial charge in [-0.2, -0.15) is 0 Å². The summed E-state index contributed by atoms with van der Waals surface area (Å²) in [5.41, 5.74) is 7.50. The van der Waals surface area contributed by atoms with E-state index in [0.717, 1.165) is 37.8 Å². The molecule has 0 saturated heterocycles. The summed E-state index contributed by atoms with van der Waals surface area (Å²) in [4.78, 5) is 0. The van der Waals surface area contributed by atoms with E-state index in [0.29, 0.717) is 28.6 Å². The van der Waals surface area contributed by atoms with E-state index in [9.17, 15) is 0 Å². The van der Waals surface area contributed by atoms with Gasteiger partial charge in [0.2, 0.25) is 0 Å². The molecule has 0 amide bonds. The van der Waals surface area contributed by atoms with Crippen molar-refractivity contribution in [1.82, 2.24) is 5.32 Å². The van der Waals surface area contributed by atoms with E-state index in [2.05, 4.69) is 183 Å². The maximum atomic E-state index is 4.43. The normalized spacial score (nSPS) is 12.9. The molecule has 1 heteroatoms. The summed E-state index contributed by atoms with van der Waals surface area (Å²) in [6, 6.07) is 21.7. The topological polar surface area (TPSA) is 12.0 Å². The number of hydrogen-bond acceptors (Lipinski definition) is 1. The molecule has 2 aromatic carbocycles. The lowest BCUT2D eigenvalue weighted by Crippen LogP contribution is -2.30. The van der Waals surface area contributed by atoms with Gasteiger partial charge < -0.3 is 5.32 Å². The highest BCUT2D eigenvalue weighted by Gasteiger charge is 2.19. The summed E-state index contributed by atoms with van der Waals surface area (Å²) < 4.78 is 0. The maximum absolute atomic E-state index is 4.43. The predicted molar refractivity (Wildman–Crippen MR) is 217 cm³/mol. The van der Waals surface area contributed by atoms with Gasteiger partial charge in [0.25, 0.3) is 0 Å². The van der Waals surface area contributed by atoms with Crippen molar-refractivity contribution in [2.45, 2.75) is 154 Å². The van der Waals surface area contributed by atoms with Gasteiger partial charge in [0.05, 0.1) is 0 Å². The van der Waals surface area contributed by atoms with Crippen molar-refractivity contribution in [3.05, 3.63) is 108 Å². The minimum atomic E-state index is 0.222. The first-order valence-electron chi connectivity index (χ1n) is 18.7. The lowest BCUT2D eigenvalue weighted by Gasteiger charge is -2.28. The highest BCUT2D eigenvalue weighted by atomic mass is 14.9. The molecule has 3 atom stereocenters. The number of allylic oxidation sites excluding steroid dienone is 2. The molecule has 0 aromatic heterocycles. The van der Waals surface area contributed by atoms with E-state index in [1.54, 1.807) is 0 Å². The average molecular weight is 646 g/mol. The van der Waals surface area contributed by atoms with Gasteiger partial charge in [0.15, 0.2) is 0 Å². The van der Waals surface area contributed by atoms with Gasteiger partial charge in [0.1, 0.15) is 0 Å². The van der Waals surface area contributed by atoms with Crippen LogP contribution in [0.15, 0.2) is 97.2 Å². The summed E-state index contributed by atoms with van der Waals surface area (Å²) in [6.45, 7) is 44.3. The Morgan fingerprint density at radius 3 is 1.45 bits per heavy atom. The van der Waals surface area contributed by atoms with E-state index in [1.165, 1.54) is 41.5 Å². The maximum Gasteiger partial charge on any atom is 0.0439 e. The summed E-state index contributed by atoms with van der Waals surface area (Å²) in [6.07, 6.45) is 8.98. The van der Waals surface area contributed by atoms with E-state index >= 15 is 0 Å². The van der Waals surface area contributed by atoms with Crippen molar-refractivity contribution in [3.63, 3.8) is 0 Å². The van der Waals surface area contributed by atoms with Crippen LogP contribution >= 0.6 is 0 Å². The van der Waals surface area contributed by atoms with Crippen molar-refractivity contribution in [3.8, 4) is 0 Å². The zero-order valence-electron chi connectivity index (χ0n) is 33.9. The van der Waals surface area contributed by atoms with Crippen LogP contribution in [0.3, 0.4) is 0 Å². The molecular weight excluding hydrogens is 567 g/mol. The fourth-order valence-electron chi connectivity index (χ4n) is 4.12. The molecule has 0 heterocycles. The molecule has 0 aliphatic rings. The monoisotopic (exact) mass is 646 g/mol. The van der Waals surface area contributed by atoms with Gasteiger partial charge in [-0.25, -0.2) is 0 Å². The van der Waals surface area contributed by atoms with Crippen molar-refractivity contribution >= 4 is 0 Å². The van der Waals surface area contributed by atoms with Crippen LogP contribution < -0.4 is 5.32 Å². The second-order valence-electron chi connectivity index (χ2n) is 16.3. The largest absolute Gasteiger partial charge is 0.382 e. The third-order valence-corrected chi connectivity index (χ3v) is 8.74. The Labute approximate surface area is 295 Å². The smallest absolute Gasteiger partial charge is 0.0439 e. The van der Waals surface area contributed by atoms with Crippen molar-refractivity contribution < 1.29 is 0 Å². The first-order chi connectivity index (χ1) is 21.8. The van der Waals surface area contributed by atoms with Crippen LogP contribution in [0.25, 0.3) is 0 Å². The summed E-state index contributed by atoms with van der Waals surface area (Å²) in [7, 11) is 0. The fourth-order valence-corrected chi connectivity index (χ4v) is 4.12. The average Bonchev–Trinajstić information content (AvgIpc) is 3.00. The molecule has 0 fully saturated rings. The number of hydrogen-bond donors (Lipinski definition) is 1. The molecular formula is C46H79N. The second-order valence-corrected chi connectivity index (χ2v) is 16.3. The van der Waals surface area contributed by atoms with E-state index in [-0.39, 0.29) is 6.04 Å². The number of aryl methyl sites for hydroxylation is 1. The van der Waals surface area contributed by atoms with Crippen LogP contribution in [0.1, 0.15) is 147 Å². The molecule has 2 rings (SSSR count). The van der Waals surface area contributed by atoms with Crippen LogP contribution in [-0.2, 0) is 12.8 Å². The Kier molecular flexibility index (Phi) is 25.2. The summed E-state index contributed by atoms with van der Waals surface area (Å²) in [5, 5.41) is 3.63. The molecule has 0 aliphatic heterocycles. The molecule has 0 saturated carbocycles. The van der Waals surface area contributed by atoms with Gasteiger partial charge in [0, 0.05) is 11.7 Å². The Bertz CT molecular complexity index is 1050. The Morgan fingerprint density at radius 2 is 1.06 bits per heavy atom. The van der Waals surface area contributed by atoms with E-state index < -0.39 is 0 Å². The highest BCUT2D eigenvalue weighted by molar-refractivity contribution is 5.19. The van der Waals surface area contributed by atoms with Crippen molar-refractivity contribution in [2.24, 2.45) is 28.6 Å². The molecule has 47 heavy (non-hydrogen) atoms. The van der Waals surface area contributed by atoms with Crippen LogP contribution in [0.5, 0.6) is 0 Å². The minimum Gasteiger partial charge on any atom is -0.382 e. The van der Waals surface area contributed by atoms with Gasteiger partial charge in [-0.1, -0.05) is 201 Å². The Morgan fingerprint density at radius 1 is 0.660 bits per heavy atom. The van der Waals surface area contributed by atoms with E-state index in [4.69, 9.17) is 0 Å². The van der Waals surface area contributed by atoms with Crippen molar-refractivity contribution in [2.75, 3.05) is 0 Å². The quantitative estimate of drug-likeness (QED) is 0.202. The zero-order chi connectivity index (χ0) is 36.6. The number of rotatable bonds is 14. The van der Waals surface area contributed by atoms with Gasteiger partial charge in [-0.3, -0.25) is 0 Å². The first-order valence-corrected chi connectivity index (χ1v) is 18.7. The molecule has 0 spiro atoms. The van der Waals surface area contributed by atoms with Crippen LogP contribution in [0, 0.1) is 28.6 Å². The van der Waals surface area contributed by atoms with Gasteiger partial charge in [-0.15, -0.1) is 0 Å². The minimum absolute atomic E-state index is 0.222. The third-order valence-electron chi connectivity index (χ3n) is 8.74. The zero-order valence-corrected chi connectivity index (χ0v) is 33.9. The molecule has 1 nitrogen and oxygen atoms in total. The molecule has 0 bridgehead atoms. The Balaban J connectivity index is 0. The van der Waals surface area contributed by atoms with Crippen LogP contribution in [0.4, 0.5) is 0 Å².